The van der Waals surface area contributed by atoms with Crippen molar-refractivity contribution in [1.29, 1.82) is 0 Å². The van der Waals surface area contributed by atoms with Crippen LogP contribution in [0, 0.1) is 10.1 Å². The predicted molar refractivity (Wildman–Crippen MR) is 79.9 cm³/mol. The maximum Gasteiger partial charge on any atom is 0.311 e. The van der Waals surface area contributed by atoms with Crippen molar-refractivity contribution >= 4 is 17.5 Å². The van der Waals surface area contributed by atoms with E-state index in [1.807, 2.05) is 20.8 Å². The van der Waals surface area contributed by atoms with Crippen molar-refractivity contribution in [2.24, 2.45) is 0 Å². The molecular weight excluding hydrogens is 290 g/mol. The summed E-state index contributed by atoms with van der Waals surface area (Å²) >= 11 is 0. The number of hydrogen-bond donors (Lipinski definition) is 2. The molecule has 0 fully saturated rings. The predicted octanol–water partition coefficient (Wildman–Crippen LogP) is 1.25. The Balaban J connectivity index is 2.76. The topological polar surface area (TPSA) is 111 Å². The number of ether oxygens (including phenoxy) is 1. The van der Waals surface area contributed by atoms with Crippen molar-refractivity contribution in [3.63, 3.8) is 0 Å². The standard InChI is InChI=1S/C14H19N3O5/c1-14(2,3)16-12(18)8-15-13(19)9-5-6-11(22-4)10(7-9)17(20)21/h5-7H,8H2,1-4H3,(H,15,19)(H,16,18). The average molecular weight is 309 g/mol. The lowest BCUT2D eigenvalue weighted by atomic mass is 10.1. The van der Waals surface area contributed by atoms with Gasteiger partial charge >= 0.3 is 5.69 Å². The zero-order valence-electron chi connectivity index (χ0n) is 12.9. The van der Waals surface area contributed by atoms with Crippen molar-refractivity contribution in [2.75, 3.05) is 13.7 Å². The summed E-state index contributed by atoms with van der Waals surface area (Å²) in [5.41, 5.74) is -0.633. The number of nitrogens with one attached hydrogen (secondary N) is 2. The summed E-state index contributed by atoms with van der Waals surface area (Å²) in [6.07, 6.45) is 0. The van der Waals surface area contributed by atoms with Gasteiger partial charge in [0, 0.05) is 17.2 Å². The summed E-state index contributed by atoms with van der Waals surface area (Å²) in [7, 11) is 1.30. The van der Waals surface area contributed by atoms with Crippen LogP contribution in [0.3, 0.4) is 0 Å². The molecule has 0 saturated heterocycles. The first kappa shape index (κ1) is 17.4. The fourth-order valence-corrected chi connectivity index (χ4v) is 1.70. The molecule has 0 heterocycles. The lowest BCUT2D eigenvalue weighted by Gasteiger charge is -2.20. The highest BCUT2D eigenvalue weighted by molar-refractivity contribution is 5.97. The van der Waals surface area contributed by atoms with E-state index < -0.39 is 16.4 Å². The van der Waals surface area contributed by atoms with Crippen molar-refractivity contribution in [3.8, 4) is 5.75 Å². The molecule has 2 amide bonds. The Bertz CT molecular complexity index is 593. The fourth-order valence-electron chi connectivity index (χ4n) is 1.70. The molecule has 0 aromatic heterocycles. The largest absolute Gasteiger partial charge is 0.490 e. The quantitative estimate of drug-likeness (QED) is 0.628. The molecule has 1 aromatic carbocycles. The molecule has 0 unspecified atom stereocenters. The van der Waals surface area contributed by atoms with Crippen LogP contribution in [0.4, 0.5) is 5.69 Å². The Morgan fingerprint density at radius 2 is 1.95 bits per heavy atom. The van der Waals surface area contributed by atoms with Gasteiger partial charge in [-0.3, -0.25) is 19.7 Å². The highest BCUT2D eigenvalue weighted by Crippen LogP contribution is 2.27. The molecule has 1 rings (SSSR count). The molecule has 0 aliphatic heterocycles. The molecule has 0 bridgehead atoms. The third-order valence-electron chi connectivity index (χ3n) is 2.56. The van der Waals surface area contributed by atoms with Gasteiger partial charge in [-0.25, -0.2) is 0 Å². The van der Waals surface area contributed by atoms with Crippen LogP contribution in [0.15, 0.2) is 18.2 Å². The van der Waals surface area contributed by atoms with Gasteiger partial charge in [0.05, 0.1) is 18.6 Å². The fraction of sp³-hybridized carbons (Fsp3) is 0.429. The normalized spacial score (nSPS) is 10.7. The third-order valence-corrected chi connectivity index (χ3v) is 2.56. The Hall–Kier alpha value is -2.64. The number of rotatable bonds is 5. The van der Waals surface area contributed by atoms with Crippen LogP contribution >= 0.6 is 0 Å². The number of nitrogens with zero attached hydrogens (tertiary/aromatic N) is 1. The Morgan fingerprint density at radius 3 is 2.45 bits per heavy atom. The molecule has 120 valence electrons. The number of nitro benzene ring substituents is 1. The molecule has 0 saturated carbocycles. The van der Waals surface area contributed by atoms with Gasteiger partial charge in [0.15, 0.2) is 5.75 Å². The van der Waals surface area contributed by atoms with Crippen LogP contribution < -0.4 is 15.4 Å². The molecule has 0 spiro atoms. The highest BCUT2D eigenvalue weighted by atomic mass is 16.6. The molecule has 8 nitrogen and oxygen atoms in total. The zero-order chi connectivity index (χ0) is 16.9. The smallest absolute Gasteiger partial charge is 0.311 e. The number of carbonyl (C=O) groups excluding carboxylic acids is 2. The number of amides is 2. The zero-order valence-corrected chi connectivity index (χ0v) is 12.9. The van der Waals surface area contributed by atoms with Gasteiger partial charge in [-0.2, -0.15) is 0 Å². The van der Waals surface area contributed by atoms with Crippen LogP contribution in [0.25, 0.3) is 0 Å². The van der Waals surface area contributed by atoms with Crippen molar-refractivity contribution < 1.29 is 19.2 Å². The van der Waals surface area contributed by atoms with E-state index in [9.17, 15) is 19.7 Å². The first-order chi connectivity index (χ1) is 10.1. The SMILES string of the molecule is COc1ccc(C(=O)NCC(=O)NC(C)(C)C)cc1[N+](=O)[O-]. The summed E-state index contributed by atoms with van der Waals surface area (Å²) in [6, 6.07) is 3.83. The lowest BCUT2D eigenvalue weighted by Crippen LogP contribution is -2.45. The second-order valence-electron chi connectivity index (χ2n) is 5.62. The van der Waals surface area contributed by atoms with Gasteiger partial charge in [-0.15, -0.1) is 0 Å². The van der Waals surface area contributed by atoms with Crippen LogP contribution in [-0.4, -0.2) is 35.9 Å². The van der Waals surface area contributed by atoms with Crippen molar-refractivity contribution in [1.82, 2.24) is 10.6 Å². The summed E-state index contributed by atoms with van der Waals surface area (Å²) in [5, 5.41) is 16.0. The summed E-state index contributed by atoms with van der Waals surface area (Å²) in [4.78, 5) is 33.8. The molecule has 0 radical (unpaired) electrons. The first-order valence-corrected chi connectivity index (χ1v) is 6.55. The molecular formula is C14H19N3O5. The van der Waals surface area contributed by atoms with E-state index in [4.69, 9.17) is 4.74 Å². The monoisotopic (exact) mass is 309 g/mol. The number of benzene rings is 1. The van der Waals surface area contributed by atoms with Crippen molar-refractivity contribution in [3.05, 3.63) is 33.9 Å². The van der Waals surface area contributed by atoms with Gasteiger partial charge < -0.3 is 15.4 Å². The second-order valence-corrected chi connectivity index (χ2v) is 5.62. The maximum absolute atomic E-state index is 11.9. The van der Waals surface area contributed by atoms with E-state index in [-0.39, 0.29) is 29.5 Å². The molecule has 0 aliphatic carbocycles. The maximum atomic E-state index is 11.9. The average Bonchev–Trinajstić information content (AvgIpc) is 2.42. The molecule has 1 aromatic rings. The minimum Gasteiger partial charge on any atom is -0.490 e. The third kappa shape index (κ3) is 5.04. The van der Waals surface area contributed by atoms with E-state index in [1.54, 1.807) is 0 Å². The van der Waals surface area contributed by atoms with E-state index in [0.29, 0.717) is 0 Å². The summed E-state index contributed by atoms with van der Waals surface area (Å²) in [6.45, 7) is 5.24. The molecule has 8 heteroatoms. The number of methoxy groups -OCH3 is 1. The van der Waals surface area contributed by atoms with Crippen LogP contribution in [0.2, 0.25) is 0 Å². The first-order valence-electron chi connectivity index (χ1n) is 6.55. The van der Waals surface area contributed by atoms with E-state index in [1.165, 1.54) is 19.2 Å². The number of hydrogen-bond acceptors (Lipinski definition) is 5. The van der Waals surface area contributed by atoms with E-state index >= 15 is 0 Å². The van der Waals surface area contributed by atoms with Gasteiger partial charge in [-0.05, 0) is 32.9 Å². The molecule has 22 heavy (non-hydrogen) atoms. The van der Waals surface area contributed by atoms with Crippen LogP contribution in [-0.2, 0) is 4.79 Å². The van der Waals surface area contributed by atoms with Gasteiger partial charge in [-0.1, -0.05) is 0 Å². The molecule has 0 atom stereocenters. The molecule has 2 N–H and O–H groups in total. The molecule has 0 aliphatic rings. The van der Waals surface area contributed by atoms with Crippen LogP contribution in [0.1, 0.15) is 31.1 Å². The highest BCUT2D eigenvalue weighted by Gasteiger charge is 2.19. The van der Waals surface area contributed by atoms with Gasteiger partial charge in [0.2, 0.25) is 5.91 Å². The lowest BCUT2D eigenvalue weighted by molar-refractivity contribution is -0.385. The Kier molecular flexibility index (Phi) is 5.44. The van der Waals surface area contributed by atoms with Gasteiger partial charge in [0.1, 0.15) is 0 Å². The van der Waals surface area contributed by atoms with E-state index in [0.717, 1.165) is 6.07 Å². The number of carbonyl (C=O) groups is 2. The van der Waals surface area contributed by atoms with Gasteiger partial charge in [0.25, 0.3) is 5.91 Å². The minimum atomic E-state index is -0.637. The Morgan fingerprint density at radius 1 is 1.32 bits per heavy atom. The summed E-state index contributed by atoms with van der Waals surface area (Å²) < 4.78 is 4.86. The Labute approximate surface area is 128 Å². The van der Waals surface area contributed by atoms with E-state index in [2.05, 4.69) is 10.6 Å². The van der Waals surface area contributed by atoms with Crippen LogP contribution in [0.5, 0.6) is 5.75 Å². The second kappa shape index (κ2) is 6.88. The minimum absolute atomic E-state index is 0.0621. The van der Waals surface area contributed by atoms with Crippen molar-refractivity contribution in [2.45, 2.75) is 26.3 Å². The number of nitro groups is 1. The summed E-state index contributed by atoms with van der Waals surface area (Å²) in [5.74, 6) is -0.856.